The minimum absolute atomic E-state index is 0.106. The predicted octanol–water partition coefficient (Wildman–Crippen LogP) is 3.10. The first kappa shape index (κ1) is 13.4. The number of anilines is 1. The lowest BCUT2D eigenvalue weighted by molar-refractivity contribution is -0.126. The van der Waals surface area contributed by atoms with Gasteiger partial charge in [0.1, 0.15) is 5.75 Å². The average Bonchev–Trinajstić information content (AvgIpc) is 2.25. The van der Waals surface area contributed by atoms with E-state index in [1.807, 2.05) is 32.0 Å². The van der Waals surface area contributed by atoms with Crippen LogP contribution in [0, 0.1) is 0 Å². The van der Waals surface area contributed by atoms with Crippen LogP contribution in [-0.4, -0.2) is 12.6 Å². The Balaban J connectivity index is 3.07. The van der Waals surface area contributed by atoms with Crippen molar-refractivity contribution >= 4 is 12.2 Å². The smallest absolute Gasteiger partial charge is 0.320 e. The van der Waals surface area contributed by atoms with Gasteiger partial charge in [0.25, 0.3) is 0 Å². The van der Waals surface area contributed by atoms with Crippen molar-refractivity contribution in [3.8, 4) is 5.75 Å². The van der Waals surface area contributed by atoms with Gasteiger partial charge in [-0.15, -0.1) is 0 Å². The lowest BCUT2D eigenvalue weighted by atomic mass is 10.00. The molecule has 0 radical (unpaired) electrons. The summed E-state index contributed by atoms with van der Waals surface area (Å²) in [5, 5.41) is 0. The van der Waals surface area contributed by atoms with Crippen molar-refractivity contribution in [1.82, 2.24) is 0 Å². The monoisotopic (exact) mass is 237 g/mol. The number of hydrogen-bond donors (Lipinski definition) is 1. The second-order valence-corrected chi connectivity index (χ2v) is 4.35. The van der Waals surface area contributed by atoms with Crippen LogP contribution in [0.15, 0.2) is 18.2 Å². The number of carbonyl (C=O) groups excluding carboxylic acids is 1. The molecule has 0 atom stereocenters. The lowest BCUT2D eigenvalue weighted by Gasteiger charge is -2.19. The van der Waals surface area contributed by atoms with Crippen LogP contribution in [0.2, 0.25) is 0 Å². The molecule has 0 aliphatic heterocycles. The third-order valence-electron chi connectivity index (χ3n) is 2.22. The number of rotatable bonds is 6. The zero-order chi connectivity index (χ0) is 12.8. The van der Waals surface area contributed by atoms with Gasteiger partial charge in [0.2, 0.25) is 0 Å². The largest absolute Gasteiger partial charge is 0.491 e. The second kappa shape index (κ2) is 6.13. The van der Waals surface area contributed by atoms with E-state index < -0.39 is 0 Å². The zero-order valence-corrected chi connectivity index (χ0v) is 10.7. The van der Waals surface area contributed by atoms with E-state index in [1.165, 1.54) is 0 Å². The summed E-state index contributed by atoms with van der Waals surface area (Å²) in [6, 6.07) is 5.63. The lowest BCUT2D eigenvalue weighted by Crippen LogP contribution is -2.10. The predicted molar refractivity (Wildman–Crippen MR) is 67.1 cm³/mol. The average molecular weight is 237 g/mol. The molecule has 4 heteroatoms. The van der Waals surface area contributed by atoms with Gasteiger partial charge in [0.15, 0.2) is 0 Å². The highest BCUT2D eigenvalue weighted by molar-refractivity contribution is 5.59. The molecule has 1 aromatic rings. The maximum atomic E-state index is 10.2. The molecular weight excluding hydrogens is 218 g/mol. The molecule has 4 nitrogen and oxygen atoms in total. The molecule has 1 N–H and O–H groups in total. The second-order valence-electron chi connectivity index (χ2n) is 4.35. The Kier molecular flexibility index (Phi) is 4.82. The number of ether oxygens (including phenoxy) is 1. The minimum Gasteiger partial charge on any atom is -0.491 e. The van der Waals surface area contributed by atoms with Gasteiger partial charge in [-0.1, -0.05) is 19.9 Å². The molecule has 0 saturated carbocycles. The Morgan fingerprint density at radius 2 is 1.94 bits per heavy atom. The molecule has 0 unspecified atom stereocenters. The van der Waals surface area contributed by atoms with Gasteiger partial charge in [-0.05, 0) is 31.9 Å². The number of carbonyl (C=O) groups is 1. The maximum Gasteiger partial charge on any atom is 0.320 e. The summed E-state index contributed by atoms with van der Waals surface area (Å²) >= 11 is 0. The highest BCUT2D eigenvalue weighted by Crippen LogP contribution is 2.33. The van der Waals surface area contributed by atoms with Crippen molar-refractivity contribution in [2.45, 2.75) is 39.7 Å². The molecule has 0 bridgehead atoms. The zero-order valence-electron chi connectivity index (χ0n) is 10.7. The van der Waals surface area contributed by atoms with E-state index in [4.69, 9.17) is 4.74 Å². The van der Waals surface area contributed by atoms with Crippen molar-refractivity contribution in [2.75, 3.05) is 5.48 Å². The van der Waals surface area contributed by atoms with Gasteiger partial charge in [-0.3, -0.25) is 4.79 Å². The van der Waals surface area contributed by atoms with Crippen molar-refractivity contribution in [1.29, 1.82) is 0 Å². The van der Waals surface area contributed by atoms with Gasteiger partial charge in [-0.2, -0.15) is 0 Å². The highest BCUT2D eigenvalue weighted by atomic mass is 16.7. The van der Waals surface area contributed by atoms with E-state index in [9.17, 15) is 4.79 Å². The molecule has 94 valence electrons. The Labute approximate surface area is 102 Å². The van der Waals surface area contributed by atoms with Gasteiger partial charge < -0.3 is 9.57 Å². The molecule has 17 heavy (non-hydrogen) atoms. The first-order valence-electron chi connectivity index (χ1n) is 5.71. The normalized spacial score (nSPS) is 10.5. The Hall–Kier alpha value is -1.71. The summed E-state index contributed by atoms with van der Waals surface area (Å²) in [6.07, 6.45) is 0.106. The van der Waals surface area contributed by atoms with Crippen molar-refractivity contribution in [2.24, 2.45) is 0 Å². The van der Waals surface area contributed by atoms with E-state index in [1.54, 1.807) is 0 Å². The molecule has 0 amide bonds. The van der Waals surface area contributed by atoms with Crippen molar-refractivity contribution in [3.63, 3.8) is 0 Å². The Morgan fingerprint density at radius 1 is 1.24 bits per heavy atom. The van der Waals surface area contributed by atoms with Crippen LogP contribution in [0.4, 0.5) is 5.69 Å². The van der Waals surface area contributed by atoms with Gasteiger partial charge in [-0.25, -0.2) is 5.48 Å². The van der Waals surface area contributed by atoms with Crippen LogP contribution in [0.1, 0.15) is 39.2 Å². The molecule has 1 aromatic carbocycles. The molecule has 0 spiro atoms. The summed E-state index contributed by atoms with van der Waals surface area (Å²) in [5.74, 6) is 1.08. The summed E-state index contributed by atoms with van der Waals surface area (Å²) in [7, 11) is 0. The molecule has 0 aliphatic rings. The summed E-state index contributed by atoms with van der Waals surface area (Å²) in [5.41, 5.74) is 4.37. The van der Waals surface area contributed by atoms with E-state index in [-0.39, 0.29) is 12.0 Å². The number of hydrogen-bond acceptors (Lipinski definition) is 4. The fourth-order valence-electron chi connectivity index (χ4n) is 1.67. The summed E-state index contributed by atoms with van der Waals surface area (Å²) in [4.78, 5) is 14.8. The van der Waals surface area contributed by atoms with Crippen molar-refractivity contribution < 1.29 is 14.4 Å². The molecular formula is C13H19NO3. The quantitative estimate of drug-likeness (QED) is 0.610. The molecule has 0 fully saturated rings. The third-order valence-corrected chi connectivity index (χ3v) is 2.22. The Morgan fingerprint density at radius 3 is 2.47 bits per heavy atom. The van der Waals surface area contributed by atoms with Crippen molar-refractivity contribution in [3.05, 3.63) is 23.8 Å². The van der Waals surface area contributed by atoms with Crippen LogP contribution in [-0.2, 0) is 9.63 Å². The van der Waals surface area contributed by atoms with Crippen LogP contribution in [0.25, 0.3) is 0 Å². The van der Waals surface area contributed by atoms with Gasteiger partial charge in [0.05, 0.1) is 11.8 Å². The molecule has 1 rings (SSSR count). The number of nitrogens with one attached hydrogen (secondary N) is 1. The maximum absolute atomic E-state index is 10.2. The fraction of sp³-hybridized carbons (Fsp3) is 0.462. The summed E-state index contributed by atoms with van der Waals surface area (Å²) < 4.78 is 5.74. The first-order chi connectivity index (χ1) is 8.06. The van der Waals surface area contributed by atoms with Crippen LogP contribution in [0.5, 0.6) is 5.75 Å². The molecule has 0 saturated heterocycles. The van der Waals surface area contributed by atoms with E-state index >= 15 is 0 Å². The van der Waals surface area contributed by atoms with Gasteiger partial charge >= 0.3 is 6.47 Å². The topological polar surface area (TPSA) is 47.6 Å². The molecule has 0 heterocycles. The SMILES string of the molecule is CC(C)Oc1cccc(NOC=O)c1C(C)C. The number of benzene rings is 1. The fourth-order valence-corrected chi connectivity index (χ4v) is 1.67. The van der Waals surface area contributed by atoms with Crippen LogP contribution >= 0.6 is 0 Å². The Bertz CT molecular complexity index is 375. The van der Waals surface area contributed by atoms with Crippen LogP contribution < -0.4 is 10.2 Å². The first-order valence-corrected chi connectivity index (χ1v) is 5.71. The minimum atomic E-state index is 0.106. The van der Waals surface area contributed by atoms with E-state index in [0.29, 0.717) is 6.47 Å². The highest BCUT2D eigenvalue weighted by Gasteiger charge is 2.14. The molecule has 0 aromatic heterocycles. The standard InChI is InChI=1S/C13H19NO3/c1-9(2)13-11(14-16-8-15)6-5-7-12(13)17-10(3)4/h5-10,14H,1-4H3. The van der Waals surface area contributed by atoms with E-state index in [0.717, 1.165) is 17.0 Å². The van der Waals surface area contributed by atoms with Gasteiger partial charge in [0, 0.05) is 5.56 Å². The summed E-state index contributed by atoms with van der Waals surface area (Å²) in [6.45, 7) is 8.45. The third kappa shape index (κ3) is 3.66. The molecule has 0 aliphatic carbocycles. The van der Waals surface area contributed by atoms with E-state index in [2.05, 4.69) is 24.2 Å². The van der Waals surface area contributed by atoms with Crippen LogP contribution in [0.3, 0.4) is 0 Å².